The minimum Gasteiger partial charge on any atom is -0.493 e. The van der Waals surface area contributed by atoms with E-state index in [1.807, 2.05) is 12.1 Å². The predicted octanol–water partition coefficient (Wildman–Crippen LogP) is 6.04. The second-order valence-corrected chi connectivity index (χ2v) is 9.31. The molecule has 0 radical (unpaired) electrons. The van der Waals surface area contributed by atoms with Gasteiger partial charge in [0.15, 0.2) is 17.3 Å². The normalized spacial score (nSPS) is 10.9. The highest BCUT2D eigenvalue weighted by Crippen LogP contribution is 2.41. The van der Waals surface area contributed by atoms with Crippen LogP contribution in [0.2, 0.25) is 5.02 Å². The van der Waals surface area contributed by atoms with E-state index in [9.17, 15) is 9.59 Å². The molecule has 0 aliphatic heterocycles. The minimum atomic E-state index is -0.269. The van der Waals surface area contributed by atoms with Crippen LogP contribution in [0.25, 0.3) is 17.5 Å². The van der Waals surface area contributed by atoms with E-state index < -0.39 is 0 Å². The number of rotatable bonds is 11. The van der Waals surface area contributed by atoms with Gasteiger partial charge in [-0.1, -0.05) is 41.6 Å². The van der Waals surface area contributed by atoms with Crippen molar-refractivity contribution in [2.24, 2.45) is 0 Å². The second-order valence-electron chi connectivity index (χ2n) is 7.95. The molecule has 200 valence electrons. The summed E-state index contributed by atoms with van der Waals surface area (Å²) in [7, 11) is 4.54. The maximum Gasteiger partial charge on any atom is 0.277 e. The van der Waals surface area contributed by atoms with Crippen LogP contribution >= 0.6 is 23.4 Å². The summed E-state index contributed by atoms with van der Waals surface area (Å²) < 4.78 is 21.7. The summed E-state index contributed by atoms with van der Waals surface area (Å²) in [5.41, 5.74) is 2.50. The molecule has 0 atom stereocenters. The van der Waals surface area contributed by atoms with Crippen LogP contribution in [0.15, 0.2) is 76.4 Å². The molecule has 1 aromatic heterocycles. The number of ether oxygens (including phenoxy) is 3. The number of ketones is 1. The maximum atomic E-state index is 12.4. The lowest BCUT2D eigenvalue weighted by atomic mass is 10.1. The highest BCUT2D eigenvalue weighted by molar-refractivity contribution is 7.99. The van der Waals surface area contributed by atoms with Crippen LogP contribution in [-0.2, 0) is 4.79 Å². The van der Waals surface area contributed by atoms with Crippen LogP contribution in [0.4, 0.5) is 5.69 Å². The SMILES string of the molecule is COc1cc(-c2nnc(SCC(=O)Nc3ccc(C(=O)/C=C/c4ccc(Cl)cc4)cc3)o2)cc(OC)c1OC. The molecule has 4 aromatic rings. The summed E-state index contributed by atoms with van der Waals surface area (Å²) in [5.74, 6) is 1.20. The third kappa shape index (κ3) is 7.18. The maximum absolute atomic E-state index is 12.4. The number of anilines is 1. The molecule has 39 heavy (non-hydrogen) atoms. The number of carbonyl (C=O) groups excluding carboxylic acids is 2. The van der Waals surface area contributed by atoms with Crippen molar-refractivity contribution in [3.63, 3.8) is 0 Å². The minimum absolute atomic E-state index is 0.0431. The number of thioether (sulfide) groups is 1. The molecule has 0 aliphatic carbocycles. The molecular weight excluding hydrogens is 542 g/mol. The monoisotopic (exact) mass is 565 g/mol. The van der Waals surface area contributed by atoms with Gasteiger partial charge in [-0.3, -0.25) is 9.59 Å². The zero-order valence-corrected chi connectivity index (χ0v) is 22.8. The smallest absolute Gasteiger partial charge is 0.277 e. The number of hydrogen-bond acceptors (Lipinski definition) is 9. The average Bonchev–Trinajstić information content (AvgIpc) is 3.44. The molecule has 1 N–H and O–H groups in total. The van der Waals surface area contributed by atoms with Crippen molar-refractivity contribution >= 4 is 46.8 Å². The molecule has 11 heteroatoms. The lowest BCUT2D eigenvalue weighted by molar-refractivity contribution is -0.113. The number of aromatic nitrogens is 2. The Morgan fingerprint density at radius 1 is 0.949 bits per heavy atom. The Hall–Kier alpha value is -4.28. The Balaban J connectivity index is 1.32. The van der Waals surface area contributed by atoms with Gasteiger partial charge in [0.25, 0.3) is 5.22 Å². The summed E-state index contributed by atoms with van der Waals surface area (Å²) in [6, 6.07) is 17.2. The van der Waals surface area contributed by atoms with Gasteiger partial charge in [0, 0.05) is 21.8 Å². The Labute approximate surface area is 234 Å². The van der Waals surface area contributed by atoms with E-state index in [2.05, 4.69) is 15.5 Å². The predicted molar refractivity (Wildman–Crippen MR) is 150 cm³/mol. The molecule has 0 unspecified atom stereocenters. The summed E-state index contributed by atoms with van der Waals surface area (Å²) >= 11 is 6.97. The number of nitrogens with one attached hydrogen (secondary N) is 1. The van der Waals surface area contributed by atoms with Crippen LogP contribution in [0.5, 0.6) is 17.2 Å². The molecule has 0 spiro atoms. The van der Waals surface area contributed by atoms with Crippen molar-refractivity contribution in [1.29, 1.82) is 0 Å². The molecule has 0 bridgehead atoms. The van der Waals surface area contributed by atoms with Crippen molar-refractivity contribution in [2.75, 3.05) is 32.4 Å². The van der Waals surface area contributed by atoms with E-state index in [0.717, 1.165) is 17.3 Å². The van der Waals surface area contributed by atoms with Gasteiger partial charge in [0.2, 0.25) is 17.5 Å². The topological polar surface area (TPSA) is 113 Å². The first kappa shape index (κ1) is 27.7. The average molecular weight is 566 g/mol. The number of halogens is 1. The molecule has 1 amide bonds. The number of benzene rings is 3. The molecular formula is C28H24ClN3O6S. The molecule has 9 nitrogen and oxygen atoms in total. The van der Waals surface area contributed by atoms with E-state index in [0.29, 0.717) is 39.1 Å². The van der Waals surface area contributed by atoms with Gasteiger partial charge in [-0.05, 0) is 60.2 Å². The first-order valence-corrected chi connectivity index (χ1v) is 12.9. The molecule has 1 heterocycles. The van der Waals surface area contributed by atoms with Gasteiger partial charge in [0.1, 0.15) is 0 Å². The van der Waals surface area contributed by atoms with Gasteiger partial charge in [-0.15, -0.1) is 10.2 Å². The quantitative estimate of drug-likeness (QED) is 0.132. The van der Waals surface area contributed by atoms with Crippen molar-refractivity contribution in [1.82, 2.24) is 10.2 Å². The zero-order chi connectivity index (χ0) is 27.8. The molecule has 3 aromatic carbocycles. The van der Waals surface area contributed by atoms with E-state index in [-0.39, 0.29) is 28.6 Å². The van der Waals surface area contributed by atoms with Crippen molar-refractivity contribution in [2.45, 2.75) is 5.22 Å². The van der Waals surface area contributed by atoms with Crippen LogP contribution in [0, 0.1) is 0 Å². The highest BCUT2D eigenvalue weighted by Gasteiger charge is 2.18. The van der Waals surface area contributed by atoms with E-state index in [1.165, 1.54) is 27.4 Å². The van der Waals surface area contributed by atoms with Gasteiger partial charge in [0.05, 0.1) is 27.1 Å². The number of amides is 1. The van der Waals surface area contributed by atoms with E-state index >= 15 is 0 Å². The van der Waals surface area contributed by atoms with Gasteiger partial charge in [-0.2, -0.15) is 0 Å². The van der Waals surface area contributed by atoms with Gasteiger partial charge in [-0.25, -0.2) is 0 Å². The van der Waals surface area contributed by atoms with Gasteiger partial charge < -0.3 is 23.9 Å². The summed E-state index contributed by atoms with van der Waals surface area (Å²) in [6.45, 7) is 0. The van der Waals surface area contributed by atoms with Crippen molar-refractivity contribution < 1.29 is 28.2 Å². The van der Waals surface area contributed by atoms with Gasteiger partial charge >= 0.3 is 0 Å². The molecule has 0 saturated carbocycles. The molecule has 0 saturated heterocycles. The highest BCUT2D eigenvalue weighted by atomic mass is 35.5. The number of methoxy groups -OCH3 is 3. The number of allylic oxidation sites excluding steroid dienone is 1. The summed E-state index contributed by atoms with van der Waals surface area (Å²) in [5, 5.41) is 11.7. The fourth-order valence-corrected chi connectivity index (χ4v) is 4.16. The number of hydrogen-bond donors (Lipinski definition) is 1. The number of carbonyl (C=O) groups is 2. The van der Waals surface area contributed by atoms with E-state index in [4.69, 9.17) is 30.2 Å². The largest absolute Gasteiger partial charge is 0.493 e. The summed E-state index contributed by atoms with van der Waals surface area (Å²) in [6.07, 6.45) is 3.21. The lowest BCUT2D eigenvalue weighted by Crippen LogP contribution is -2.14. The van der Waals surface area contributed by atoms with Crippen LogP contribution in [-0.4, -0.2) is 49.0 Å². The van der Waals surface area contributed by atoms with Crippen LogP contribution < -0.4 is 19.5 Å². The molecule has 0 aliphatic rings. The molecule has 0 fully saturated rings. The molecule has 4 rings (SSSR count). The van der Waals surface area contributed by atoms with Crippen LogP contribution in [0.3, 0.4) is 0 Å². The van der Waals surface area contributed by atoms with Crippen molar-refractivity contribution in [3.05, 3.63) is 82.9 Å². The Kier molecular flexibility index (Phi) is 9.24. The third-order valence-electron chi connectivity index (χ3n) is 5.40. The lowest BCUT2D eigenvalue weighted by Gasteiger charge is -2.12. The van der Waals surface area contributed by atoms with Crippen LogP contribution in [0.1, 0.15) is 15.9 Å². The Bertz CT molecular complexity index is 1460. The fraction of sp³-hybridized carbons (Fsp3) is 0.143. The Morgan fingerprint density at radius 3 is 2.23 bits per heavy atom. The zero-order valence-electron chi connectivity index (χ0n) is 21.3. The standard InChI is InChI=1S/C28H24ClN3O6S/c1-35-23-14-19(15-24(36-2)26(23)37-3)27-31-32-28(38-27)39-16-25(34)30-21-11-7-18(8-12-21)22(33)13-6-17-4-9-20(29)10-5-17/h4-15H,16H2,1-3H3,(H,30,34)/b13-6+. The first-order valence-electron chi connectivity index (χ1n) is 11.5. The first-order chi connectivity index (χ1) is 18.9. The fourth-order valence-electron chi connectivity index (χ4n) is 3.47. The summed E-state index contributed by atoms with van der Waals surface area (Å²) in [4.78, 5) is 24.9. The van der Waals surface area contributed by atoms with E-state index in [1.54, 1.807) is 54.6 Å². The second kappa shape index (κ2) is 13.0. The Morgan fingerprint density at radius 2 is 1.62 bits per heavy atom. The van der Waals surface area contributed by atoms with Crippen molar-refractivity contribution in [3.8, 4) is 28.7 Å². The number of nitrogens with zero attached hydrogens (tertiary/aromatic N) is 2. The third-order valence-corrected chi connectivity index (χ3v) is 6.47.